The summed E-state index contributed by atoms with van der Waals surface area (Å²) >= 11 is 0. The van der Waals surface area contributed by atoms with Crippen molar-refractivity contribution < 1.29 is 14.3 Å². The van der Waals surface area contributed by atoms with Gasteiger partial charge in [0.1, 0.15) is 11.1 Å². The normalized spacial score (nSPS) is 18.1. The fourth-order valence-electron chi connectivity index (χ4n) is 5.32. The third-order valence-corrected chi connectivity index (χ3v) is 7.02. The van der Waals surface area contributed by atoms with Crippen molar-refractivity contribution in [3.8, 4) is 11.3 Å². The number of nitrogens with one attached hydrogen (secondary N) is 1. The van der Waals surface area contributed by atoms with Crippen molar-refractivity contribution in [3.63, 3.8) is 0 Å². The Morgan fingerprint density at radius 3 is 2.42 bits per heavy atom. The Labute approximate surface area is 225 Å². The molecule has 3 aromatic heterocycles. The predicted octanol–water partition coefficient (Wildman–Crippen LogP) is 5.63. The van der Waals surface area contributed by atoms with Gasteiger partial charge in [0.2, 0.25) is 0 Å². The van der Waals surface area contributed by atoms with Gasteiger partial charge in [0.05, 0.1) is 33.8 Å². The minimum absolute atomic E-state index is 0.0551. The molecule has 1 fully saturated rings. The molecule has 204 valence electrons. The molecule has 9 heteroatoms. The van der Waals surface area contributed by atoms with Gasteiger partial charge in [-0.05, 0) is 99.4 Å². The summed E-state index contributed by atoms with van der Waals surface area (Å²) in [6.45, 7) is 11.8. The smallest absolute Gasteiger partial charge is 0.435 e. The first-order chi connectivity index (χ1) is 17.8. The minimum atomic E-state index is -0.633. The van der Waals surface area contributed by atoms with Crippen LogP contribution in [0.2, 0.25) is 0 Å². The van der Waals surface area contributed by atoms with Crippen molar-refractivity contribution in [1.29, 1.82) is 0 Å². The van der Waals surface area contributed by atoms with Crippen molar-refractivity contribution in [2.24, 2.45) is 5.92 Å². The van der Waals surface area contributed by atoms with Gasteiger partial charge in [0.15, 0.2) is 5.78 Å². The summed E-state index contributed by atoms with van der Waals surface area (Å²) in [7, 11) is 4.24. The lowest BCUT2D eigenvalue weighted by molar-refractivity contribution is 0.0510. The Balaban J connectivity index is 1.71. The largest absolute Gasteiger partial charge is 0.442 e. The van der Waals surface area contributed by atoms with Gasteiger partial charge in [0, 0.05) is 24.3 Å². The summed E-state index contributed by atoms with van der Waals surface area (Å²) in [5, 5.41) is 8.13. The summed E-state index contributed by atoms with van der Waals surface area (Å²) in [5.74, 6) is 0.641. The fourth-order valence-corrected chi connectivity index (χ4v) is 5.32. The van der Waals surface area contributed by atoms with Crippen LogP contribution in [0, 0.1) is 19.8 Å². The van der Waals surface area contributed by atoms with Crippen LogP contribution in [0.5, 0.6) is 0 Å². The SMILES string of the molecule is CC(=O)c1cnc2ccc(-c3c(C)nn(C(=O)OC(C)(C)C)c3C)nc2c1N[C@H]1CC[C@H](CN(C)C)CC1. The van der Waals surface area contributed by atoms with Crippen molar-refractivity contribution in [1.82, 2.24) is 24.6 Å². The number of fused-ring (bicyclic) bond motifs is 1. The average molecular weight is 521 g/mol. The lowest BCUT2D eigenvalue weighted by atomic mass is 9.85. The molecule has 3 heterocycles. The van der Waals surface area contributed by atoms with Gasteiger partial charge >= 0.3 is 6.09 Å². The van der Waals surface area contributed by atoms with E-state index in [9.17, 15) is 9.59 Å². The van der Waals surface area contributed by atoms with Crippen LogP contribution < -0.4 is 5.32 Å². The van der Waals surface area contributed by atoms with E-state index in [1.807, 2.05) is 46.8 Å². The van der Waals surface area contributed by atoms with Crippen LogP contribution in [0.3, 0.4) is 0 Å². The van der Waals surface area contributed by atoms with Gasteiger partial charge in [-0.2, -0.15) is 9.78 Å². The van der Waals surface area contributed by atoms with E-state index in [0.29, 0.717) is 39.6 Å². The number of Topliss-reactive ketones (excluding diaryl/α,β-unsaturated/α-hetero) is 1. The second-order valence-corrected chi connectivity index (χ2v) is 11.7. The molecule has 9 nitrogen and oxygen atoms in total. The van der Waals surface area contributed by atoms with Crippen LogP contribution in [-0.4, -0.2) is 68.8 Å². The highest BCUT2D eigenvalue weighted by molar-refractivity contribution is 6.06. The number of anilines is 1. The molecule has 0 spiro atoms. The van der Waals surface area contributed by atoms with E-state index < -0.39 is 11.7 Å². The summed E-state index contributed by atoms with van der Waals surface area (Å²) < 4.78 is 6.82. The zero-order valence-corrected chi connectivity index (χ0v) is 23.9. The summed E-state index contributed by atoms with van der Waals surface area (Å²) in [6.07, 6.45) is 5.49. The van der Waals surface area contributed by atoms with Crippen LogP contribution in [0.25, 0.3) is 22.3 Å². The maximum atomic E-state index is 12.8. The highest BCUT2D eigenvalue weighted by Gasteiger charge is 2.26. The first-order valence-electron chi connectivity index (χ1n) is 13.4. The zero-order chi connectivity index (χ0) is 27.8. The number of ether oxygens (including phenoxy) is 1. The summed E-state index contributed by atoms with van der Waals surface area (Å²) in [4.78, 5) is 37.1. The van der Waals surface area contributed by atoms with Gasteiger partial charge < -0.3 is 15.0 Å². The molecule has 1 saturated carbocycles. The van der Waals surface area contributed by atoms with Crippen molar-refractivity contribution >= 4 is 28.6 Å². The van der Waals surface area contributed by atoms with Crippen LogP contribution in [0.1, 0.15) is 75.1 Å². The number of nitrogens with zero attached hydrogens (tertiary/aromatic N) is 5. The number of ketones is 1. The topological polar surface area (TPSA) is 102 Å². The molecule has 0 aromatic carbocycles. The molecule has 0 bridgehead atoms. The molecule has 0 unspecified atom stereocenters. The van der Waals surface area contributed by atoms with Crippen LogP contribution in [0.4, 0.5) is 10.5 Å². The molecular formula is C29H40N6O3. The molecule has 38 heavy (non-hydrogen) atoms. The first-order valence-corrected chi connectivity index (χ1v) is 13.4. The maximum Gasteiger partial charge on any atom is 0.435 e. The van der Waals surface area contributed by atoms with Crippen LogP contribution >= 0.6 is 0 Å². The minimum Gasteiger partial charge on any atom is -0.442 e. The van der Waals surface area contributed by atoms with E-state index in [4.69, 9.17) is 9.72 Å². The van der Waals surface area contributed by atoms with Gasteiger partial charge in [-0.25, -0.2) is 9.78 Å². The Hall–Kier alpha value is -3.33. The number of carbonyl (C=O) groups excluding carboxylic acids is 2. The summed E-state index contributed by atoms with van der Waals surface area (Å²) in [5.41, 5.74) is 4.74. The Kier molecular flexibility index (Phi) is 7.88. The van der Waals surface area contributed by atoms with E-state index in [2.05, 4.69) is 34.4 Å². The van der Waals surface area contributed by atoms with Crippen molar-refractivity contribution in [3.05, 3.63) is 35.3 Å². The molecule has 0 atom stereocenters. The molecule has 1 aliphatic rings. The highest BCUT2D eigenvalue weighted by atomic mass is 16.6. The zero-order valence-electron chi connectivity index (χ0n) is 23.9. The molecule has 0 aliphatic heterocycles. The third-order valence-electron chi connectivity index (χ3n) is 7.02. The predicted molar refractivity (Wildman–Crippen MR) is 150 cm³/mol. The Morgan fingerprint density at radius 2 is 1.82 bits per heavy atom. The third kappa shape index (κ3) is 6.04. The Morgan fingerprint density at radius 1 is 1.13 bits per heavy atom. The van der Waals surface area contributed by atoms with E-state index >= 15 is 0 Å². The average Bonchev–Trinajstić information content (AvgIpc) is 3.12. The van der Waals surface area contributed by atoms with Crippen molar-refractivity contribution in [2.45, 2.75) is 78.9 Å². The standard InChI is InChI=1S/C29H40N6O3/c1-17-25(18(2)35(33-17)28(37)38-29(4,5)6)23-13-14-24-27(32-23)26(22(15-30-24)19(3)36)31-21-11-9-20(10-12-21)16-34(7)8/h13-15,20-21H,9-12,16H2,1-8H3,(H,30,31)/t20-,21-. The quantitative estimate of drug-likeness (QED) is 0.417. The molecule has 1 aliphatic carbocycles. The van der Waals surface area contributed by atoms with Crippen LogP contribution in [-0.2, 0) is 4.74 Å². The second kappa shape index (κ2) is 10.8. The molecule has 1 N–H and O–H groups in total. The number of aromatic nitrogens is 4. The van der Waals surface area contributed by atoms with Gasteiger partial charge in [0.25, 0.3) is 0 Å². The molecule has 0 radical (unpaired) electrons. The number of aryl methyl sites for hydroxylation is 1. The number of hydrogen-bond acceptors (Lipinski definition) is 8. The van der Waals surface area contributed by atoms with Crippen LogP contribution in [0.15, 0.2) is 18.3 Å². The lowest BCUT2D eigenvalue weighted by Gasteiger charge is -2.31. The monoisotopic (exact) mass is 520 g/mol. The number of carbonyl (C=O) groups is 2. The van der Waals surface area contributed by atoms with Gasteiger partial charge in [-0.1, -0.05) is 0 Å². The van der Waals surface area contributed by atoms with E-state index in [-0.39, 0.29) is 11.8 Å². The fraction of sp³-hybridized carbons (Fsp3) is 0.552. The van der Waals surface area contributed by atoms with E-state index in [1.54, 1.807) is 13.1 Å². The molecule has 3 aromatic rings. The Bertz CT molecular complexity index is 1350. The number of pyridine rings is 2. The summed E-state index contributed by atoms with van der Waals surface area (Å²) in [6, 6.07) is 4.06. The molecular weight excluding hydrogens is 480 g/mol. The molecule has 0 amide bonds. The van der Waals surface area contributed by atoms with E-state index in [1.165, 1.54) is 4.68 Å². The van der Waals surface area contributed by atoms with E-state index in [0.717, 1.165) is 43.5 Å². The first kappa shape index (κ1) is 27.7. The number of rotatable bonds is 6. The second-order valence-electron chi connectivity index (χ2n) is 11.7. The van der Waals surface area contributed by atoms with Gasteiger partial charge in [-0.15, -0.1) is 0 Å². The number of hydrogen-bond donors (Lipinski definition) is 1. The molecule has 0 saturated heterocycles. The van der Waals surface area contributed by atoms with Gasteiger partial charge in [-0.3, -0.25) is 9.78 Å². The molecule has 4 rings (SSSR count). The highest BCUT2D eigenvalue weighted by Crippen LogP contribution is 2.34. The maximum absolute atomic E-state index is 12.8. The van der Waals surface area contributed by atoms with Crippen molar-refractivity contribution in [2.75, 3.05) is 26.0 Å². The lowest BCUT2D eigenvalue weighted by Crippen LogP contribution is -2.31.